The van der Waals surface area contributed by atoms with Gasteiger partial charge in [0.15, 0.2) is 0 Å². The van der Waals surface area contributed by atoms with Gasteiger partial charge in [-0.15, -0.1) is 12.4 Å². The third-order valence-corrected chi connectivity index (χ3v) is 5.77. The lowest BCUT2D eigenvalue weighted by Crippen LogP contribution is -2.25. The van der Waals surface area contributed by atoms with Crippen molar-refractivity contribution in [2.24, 2.45) is 5.92 Å². The first-order chi connectivity index (χ1) is 13.6. The number of aryl methyl sites for hydroxylation is 2. The lowest BCUT2D eigenvalue weighted by atomic mass is 10.1. The van der Waals surface area contributed by atoms with Crippen LogP contribution in [0.1, 0.15) is 50.9 Å². The summed E-state index contributed by atoms with van der Waals surface area (Å²) in [7, 11) is 0. The fourth-order valence-electron chi connectivity index (χ4n) is 4.21. The van der Waals surface area contributed by atoms with Gasteiger partial charge in [-0.2, -0.15) is 0 Å². The predicted molar refractivity (Wildman–Crippen MR) is 122 cm³/mol. The highest BCUT2D eigenvalue weighted by atomic mass is 35.5. The summed E-state index contributed by atoms with van der Waals surface area (Å²) in [4.78, 5) is 19.8. The first-order valence-electron chi connectivity index (χ1n) is 10.4. The van der Waals surface area contributed by atoms with E-state index in [1.54, 1.807) is 0 Å². The molecule has 2 heterocycles. The van der Waals surface area contributed by atoms with Crippen molar-refractivity contribution in [3.63, 3.8) is 0 Å². The topological polar surface area (TPSA) is 38.1 Å². The van der Waals surface area contributed by atoms with Crippen molar-refractivity contribution in [3.8, 4) is 0 Å². The van der Waals surface area contributed by atoms with Gasteiger partial charge < -0.3 is 9.47 Å². The maximum atomic E-state index is 12.9. The third-order valence-electron chi connectivity index (χ3n) is 5.77. The molecule has 1 aliphatic heterocycles. The van der Waals surface area contributed by atoms with Gasteiger partial charge in [0.05, 0.1) is 11.0 Å². The fourth-order valence-corrected chi connectivity index (χ4v) is 4.21. The molecule has 2 aromatic carbocycles. The van der Waals surface area contributed by atoms with E-state index in [4.69, 9.17) is 4.98 Å². The molecule has 1 atom stereocenters. The molecule has 0 saturated carbocycles. The SMILES string of the molecule is CCc1ccccc1N1CC(c2nc3ccccc3n2CCC(C)C)CC1=O.Cl. The molecule has 1 fully saturated rings. The normalized spacial score (nSPS) is 16.6. The fraction of sp³-hybridized carbons (Fsp3) is 0.417. The molecular formula is C24H30ClN3O. The van der Waals surface area contributed by atoms with Gasteiger partial charge in [-0.3, -0.25) is 4.79 Å². The average Bonchev–Trinajstić information content (AvgIpc) is 3.26. The van der Waals surface area contributed by atoms with E-state index >= 15 is 0 Å². The van der Waals surface area contributed by atoms with Gasteiger partial charge in [-0.1, -0.05) is 51.1 Å². The molecule has 3 aromatic rings. The number of imidazole rings is 1. The van der Waals surface area contributed by atoms with Gasteiger partial charge >= 0.3 is 0 Å². The Hall–Kier alpha value is -2.33. The molecule has 0 spiro atoms. The monoisotopic (exact) mass is 411 g/mol. The zero-order valence-corrected chi connectivity index (χ0v) is 18.3. The highest BCUT2D eigenvalue weighted by molar-refractivity contribution is 5.97. The largest absolute Gasteiger partial charge is 0.328 e. The first kappa shape index (κ1) is 21.4. The Bertz CT molecular complexity index is 995. The molecule has 4 rings (SSSR count). The van der Waals surface area contributed by atoms with Crippen LogP contribution in [0.5, 0.6) is 0 Å². The number of benzene rings is 2. The van der Waals surface area contributed by atoms with E-state index in [1.807, 2.05) is 23.1 Å². The van der Waals surface area contributed by atoms with E-state index in [0.29, 0.717) is 18.9 Å². The van der Waals surface area contributed by atoms with E-state index in [2.05, 4.69) is 55.7 Å². The minimum Gasteiger partial charge on any atom is -0.328 e. The van der Waals surface area contributed by atoms with Crippen LogP contribution in [0.25, 0.3) is 11.0 Å². The number of hydrogen-bond donors (Lipinski definition) is 0. The summed E-state index contributed by atoms with van der Waals surface area (Å²) in [6.07, 6.45) is 2.57. The van der Waals surface area contributed by atoms with E-state index in [0.717, 1.165) is 36.4 Å². The van der Waals surface area contributed by atoms with Crippen LogP contribution in [-0.2, 0) is 17.8 Å². The quantitative estimate of drug-likeness (QED) is 0.530. The molecule has 1 amide bonds. The van der Waals surface area contributed by atoms with Gasteiger partial charge in [0, 0.05) is 31.1 Å². The van der Waals surface area contributed by atoms with Crippen molar-refractivity contribution >= 4 is 35.0 Å². The van der Waals surface area contributed by atoms with E-state index < -0.39 is 0 Å². The van der Waals surface area contributed by atoms with E-state index in [-0.39, 0.29) is 24.2 Å². The van der Waals surface area contributed by atoms with Crippen LogP contribution in [0, 0.1) is 5.92 Å². The third kappa shape index (κ3) is 4.18. The van der Waals surface area contributed by atoms with Crippen molar-refractivity contribution in [1.82, 2.24) is 9.55 Å². The predicted octanol–water partition coefficient (Wildman–Crippen LogP) is 5.59. The zero-order valence-electron chi connectivity index (χ0n) is 17.5. The molecule has 0 bridgehead atoms. The Morgan fingerprint density at radius 1 is 1.10 bits per heavy atom. The number of para-hydroxylation sites is 3. The van der Waals surface area contributed by atoms with Gasteiger partial charge in [-0.05, 0) is 42.5 Å². The van der Waals surface area contributed by atoms with Crippen molar-refractivity contribution in [3.05, 3.63) is 59.9 Å². The molecule has 154 valence electrons. The second kappa shape index (κ2) is 9.00. The highest BCUT2D eigenvalue weighted by Gasteiger charge is 2.35. The maximum Gasteiger partial charge on any atom is 0.227 e. The second-order valence-corrected chi connectivity index (χ2v) is 8.18. The molecule has 1 saturated heterocycles. The Kier molecular flexibility index (Phi) is 6.63. The lowest BCUT2D eigenvalue weighted by Gasteiger charge is -2.20. The van der Waals surface area contributed by atoms with Crippen molar-refractivity contribution in [2.75, 3.05) is 11.4 Å². The summed E-state index contributed by atoms with van der Waals surface area (Å²) in [5.41, 5.74) is 4.49. The molecular weight excluding hydrogens is 382 g/mol. The van der Waals surface area contributed by atoms with Crippen LogP contribution in [-0.4, -0.2) is 22.0 Å². The molecule has 0 radical (unpaired) electrons. The molecule has 0 N–H and O–H groups in total. The number of carbonyl (C=O) groups excluding carboxylic acids is 1. The minimum atomic E-state index is 0. The Balaban J connectivity index is 0.00000240. The number of amides is 1. The van der Waals surface area contributed by atoms with Crippen molar-refractivity contribution in [1.29, 1.82) is 0 Å². The molecule has 1 unspecified atom stereocenters. The maximum absolute atomic E-state index is 12.9. The Labute approximate surface area is 179 Å². The summed E-state index contributed by atoms with van der Waals surface area (Å²) in [6, 6.07) is 16.6. The number of carbonyl (C=O) groups is 1. The summed E-state index contributed by atoms with van der Waals surface area (Å²) in [5, 5.41) is 0. The molecule has 5 heteroatoms. The summed E-state index contributed by atoms with van der Waals surface area (Å²) in [6.45, 7) is 8.30. The highest BCUT2D eigenvalue weighted by Crippen LogP contribution is 2.35. The zero-order chi connectivity index (χ0) is 19.7. The van der Waals surface area contributed by atoms with Crippen LogP contribution in [0.3, 0.4) is 0 Å². The molecule has 0 aliphatic carbocycles. The Morgan fingerprint density at radius 3 is 2.59 bits per heavy atom. The van der Waals surface area contributed by atoms with Gasteiger partial charge in [0.2, 0.25) is 5.91 Å². The molecule has 29 heavy (non-hydrogen) atoms. The summed E-state index contributed by atoms with van der Waals surface area (Å²) >= 11 is 0. The molecule has 4 nitrogen and oxygen atoms in total. The minimum absolute atomic E-state index is 0. The van der Waals surface area contributed by atoms with Crippen LogP contribution in [0.2, 0.25) is 0 Å². The molecule has 1 aliphatic rings. The van der Waals surface area contributed by atoms with Crippen LogP contribution >= 0.6 is 12.4 Å². The van der Waals surface area contributed by atoms with Gasteiger partial charge in [0.1, 0.15) is 5.82 Å². The Morgan fingerprint density at radius 2 is 1.83 bits per heavy atom. The number of aromatic nitrogens is 2. The average molecular weight is 412 g/mol. The number of anilines is 1. The summed E-state index contributed by atoms with van der Waals surface area (Å²) in [5.74, 6) is 2.03. The number of hydrogen-bond acceptors (Lipinski definition) is 2. The van der Waals surface area contributed by atoms with Crippen LogP contribution < -0.4 is 4.90 Å². The van der Waals surface area contributed by atoms with E-state index in [1.165, 1.54) is 11.1 Å². The summed E-state index contributed by atoms with van der Waals surface area (Å²) < 4.78 is 2.35. The second-order valence-electron chi connectivity index (χ2n) is 8.18. The number of fused-ring (bicyclic) bond motifs is 1. The lowest BCUT2D eigenvalue weighted by molar-refractivity contribution is -0.117. The van der Waals surface area contributed by atoms with Crippen molar-refractivity contribution < 1.29 is 4.79 Å². The van der Waals surface area contributed by atoms with Gasteiger partial charge in [0.25, 0.3) is 0 Å². The van der Waals surface area contributed by atoms with E-state index in [9.17, 15) is 4.79 Å². The smallest absolute Gasteiger partial charge is 0.227 e. The van der Waals surface area contributed by atoms with Crippen LogP contribution in [0.4, 0.5) is 5.69 Å². The number of nitrogens with zero attached hydrogens (tertiary/aromatic N) is 3. The van der Waals surface area contributed by atoms with Crippen LogP contribution in [0.15, 0.2) is 48.5 Å². The first-order valence-corrected chi connectivity index (χ1v) is 10.4. The molecule has 1 aromatic heterocycles. The van der Waals surface area contributed by atoms with Crippen molar-refractivity contribution in [2.45, 2.75) is 52.5 Å². The standard InChI is InChI=1S/C24H29N3O.ClH/c1-4-18-9-5-7-11-21(18)27-16-19(15-23(27)28)24-25-20-10-6-8-12-22(20)26(24)14-13-17(2)3;/h5-12,17,19H,4,13-16H2,1-3H3;1H. The number of rotatable bonds is 6. The number of halogens is 1. The van der Waals surface area contributed by atoms with Gasteiger partial charge in [-0.25, -0.2) is 4.98 Å².